The first-order chi connectivity index (χ1) is 15.9. The molecule has 1 fully saturated rings. The number of ether oxygens (including phenoxy) is 3. The normalized spacial score (nSPS) is 14.6. The zero-order valence-corrected chi connectivity index (χ0v) is 20.6. The van der Waals surface area contributed by atoms with Crippen LogP contribution in [0.4, 0.5) is 0 Å². The molecular weight excluding hydrogens is 458 g/mol. The van der Waals surface area contributed by atoms with Gasteiger partial charge in [-0.3, -0.25) is 14.5 Å². The second-order valence-electron chi connectivity index (χ2n) is 7.49. The van der Waals surface area contributed by atoms with E-state index >= 15 is 0 Å². The number of methoxy groups -OCH3 is 1. The van der Waals surface area contributed by atoms with E-state index in [-0.39, 0.29) is 24.8 Å². The standard InChI is InChI=1S/C25H27NO5S2/c1-4-13-30-23(27)11-12-26-24(28)22(33-25(26)32)15-19-9-10-20(21(14-19)29-3)31-16-18-7-5-17(2)6-8-18/h5-10,14-15H,4,11-13,16H2,1-3H3/b22-15-. The molecule has 8 heteroatoms. The van der Waals surface area contributed by atoms with Crippen molar-refractivity contribution in [3.63, 3.8) is 0 Å². The van der Waals surface area contributed by atoms with Gasteiger partial charge in [-0.1, -0.05) is 66.8 Å². The van der Waals surface area contributed by atoms with E-state index in [9.17, 15) is 9.59 Å². The number of hydrogen-bond acceptors (Lipinski definition) is 7. The van der Waals surface area contributed by atoms with Gasteiger partial charge in [-0.15, -0.1) is 0 Å². The summed E-state index contributed by atoms with van der Waals surface area (Å²) in [5.41, 5.74) is 3.05. The van der Waals surface area contributed by atoms with Gasteiger partial charge in [0.05, 0.1) is 25.0 Å². The Hall–Kier alpha value is -2.84. The molecule has 0 unspecified atom stereocenters. The fourth-order valence-electron chi connectivity index (χ4n) is 3.07. The van der Waals surface area contributed by atoms with E-state index in [4.69, 9.17) is 26.4 Å². The van der Waals surface area contributed by atoms with Crippen molar-refractivity contribution in [2.24, 2.45) is 0 Å². The number of carbonyl (C=O) groups is 2. The highest BCUT2D eigenvalue weighted by atomic mass is 32.2. The zero-order valence-electron chi connectivity index (χ0n) is 19.0. The Morgan fingerprint density at radius 1 is 1.15 bits per heavy atom. The summed E-state index contributed by atoms with van der Waals surface area (Å²) in [5, 5.41) is 0. The Kier molecular flexibility index (Phi) is 8.91. The third-order valence-electron chi connectivity index (χ3n) is 4.88. The third-order valence-corrected chi connectivity index (χ3v) is 6.26. The first-order valence-electron chi connectivity index (χ1n) is 10.7. The lowest BCUT2D eigenvalue weighted by molar-refractivity contribution is -0.143. The number of carbonyl (C=O) groups excluding carboxylic acids is 2. The predicted molar refractivity (Wildman–Crippen MR) is 134 cm³/mol. The van der Waals surface area contributed by atoms with Crippen LogP contribution in [-0.2, 0) is 20.9 Å². The molecule has 6 nitrogen and oxygen atoms in total. The molecular formula is C25H27NO5S2. The number of amides is 1. The number of thioether (sulfide) groups is 1. The summed E-state index contributed by atoms with van der Waals surface area (Å²) in [6.45, 7) is 4.98. The van der Waals surface area contributed by atoms with Crippen LogP contribution in [0.25, 0.3) is 6.08 Å². The molecule has 1 amide bonds. The summed E-state index contributed by atoms with van der Waals surface area (Å²) in [6, 6.07) is 13.7. The Balaban J connectivity index is 1.65. The summed E-state index contributed by atoms with van der Waals surface area (Å²) in [4.78, 5) is 26.5. The second kappa shape index (κ2) is 11.9. The minimum absolute atomic E-state index is 0.112. The van der Waals surface area contributed by atoms with Crippen molar-refractivity contribution >= 4 is 46.3 Å². The van der Waals surface area contributed by atoms with Crippen LogP contribution in [0.3, 0.4) is 0 Å². The molecule has 2 aromatic carbocycles. The SMILES string of the molecule is CCCOC(=O)CCN1C(=O)/C(=C/c2ccc(OCc3ccc(C)cc3)c(OC)c2)SC1=S. The molecule has 0 saturated carbocycles. The predicted octanol–water partition coefficient (Wildman–Crippen LogP) is 5.13. The first kappa shape index (κ1) is 24.8. The van der Waals surface area contributed by atoms with Crippen molar-refractivity contribution in [1.29, 1.82) is 0 Å². The highest BCUT2D eigenvalue weighted by Crippen LogP contribution is 2.35. The molecule has 0 spiro atoms. The summed E-state index contributed by atoms with van der Waals surface area (Å²) in [7, 11) is 1.58. The summed E-state index contributed by atoms with van der Waals surface area (Å²) < 4.78 is 16.9. The maximum absolute atomic E-state index is 12.8. The zero-order chi connectivity index (χ0) is 23.8. The van der Waals surface area contributed by atoms with E-state index in [1.165, 1.54) is 22.2 Å². The van der Waals surface area contributed by atoms with Crippen LogP contribution in [0.15, 0.2) is 47.4 Å². The average Bonchev–Trinajstić information content (AvgIpc) is 3.08. The fourth-order valence-corrected chi connectivity index (χ4v) is 4.38. The van der Waals surface area contributed by atoms with Crippen LogP contribution >= 0.6 is 24.0 Å². The van der Waals surface area contributed by atoms with Gasteiger partial charge in [0.2, 0.25) is 0 Å². The topological polar surface area (TPSA) is 65.1 Å². The van der Waals surface area contributed by atoms with Crippen molar-refractivity contribution in [3.05, 3.63) is 64.1 Å². The molecule has 1 aliphatic heterocycles. The summed E-state index contributed by atoms with van der Waals surface area (Å²) in [5.74, 6) is 0.645. The van der Waals surface area contributed by atoms with E-state index in [2.05, 4.69) is 0 Å². The third kappa shape index (κ3) is 6.82. The summed E-state index contributed by atoms with van der Waals surface area (Å²) >= 11 is 6.56. The van der Waals surface area contributed by atoms with E-state index in [0.717, 1.165) is 17.5 Å². The molecule has 2 aromatic rings. The van der Waals surface area contributed by atoms with Crippen molar-refractivity contribution in [3.8, 4) is 11.5 Å². The quantitative estimate of drug-likeness (QED) is 0.263. The van der Waals surface area contributed by atoms with E-state index in [1.807, 2.05) is 56.3 Å². The maximum atomic E-state index is 12.8. The van der Waals surface area contributed by atoms with Crippen molar-refractivity contribution < 1.29 is 23.8 Å². The Morgan fingerprint density at radius 2 is 1.91 bits per heavy atom. The number of nitrogens with zero attached hydrogens (tertiary/aromatic N) is 1. The summed E-state index contributed by atoms with van der Waals surface area (Å²) in [6.07, 6.45) is 2.64. The largest absolute Gasteiger partial charge is 0.493 e. The van der Waals surface area contributed by atoms with Crippen LogP contribution in [0, 0.1) is 6.92 Å². The molecule has 3 rings (SSSR count). The molecule has 1 saturated heterocycles. The molecule has 0 N–H and O–H groups in total. The number of hydrogen-bond donors (Lipinski definition) is 0. The van der Waals surface area contributed by atoms with Gasteiger partial charge in [0.1, 0.15) is 10.9 Å². The number of thiocarbonyl (C=S) groups is 1. The highest BCUT2D eigenvalue weighted by molar-refractivity contribution is 8.26. The molecule has 0 atom stereocenters. The van der Waals surface area contributed by atoms with Gasteiger partial charge in [-0.05, 0) is 42.7 Å². The molecule has 0 aliphatic carbocycles. The van der Waals surface area contributed by atoms with Crippen LogP contribution in [0.5, 0.6) is 11.5 Å². The van der Waals surface area contributed by atoms with Crippen LogP contribution in [0.1, 0.15) is 36.5 Å². The Morgan fingerprint density at radius 3 is 2.61 bits per heavy atom. The highest BCUT2D eigenvalue weighted by Gasteiger charge is 2.32. The molecule has 33 heavy (non-hydrogen) atoms. The Labute approximate surface area is 203 Å². The Bertz CT molecular complexity index is 1050. The first-order valence-corrected chi connectivity index (χ1v) is 11.9. The molecule has 1 heterocycles. The second-order valence-corrected chi connectivity index (χ2v) is 9.16. The number of benzene rings is 2. The van der Waals surface area contributed by atoms with Gasteiger partial charge in [0.15, 0.2) is 11.5 Å². The van der Waals surface area contributed by atoms with Gasteiger partial charge in [-0.25, -0.2) is 0 Å². The number of rotatable bonds is 10. The van der Waals surface area contributed by atoms with Gasteiger partial charge in [0, 0.05) is 6.54 Å². The van der Waals surface area contributed by atoms with Crippen molar-refractivity contribution in [2.45, 2.75) is 33.3 Å². The van der Waals surface area contributed by atoms with E-state index < -0.39 is 0 Å². The van der Waals surface area contributed by atoms with Crippen LogP contribution in [0.2, 0.25) is 0 Å². The number of esters is 1. The molecule has 1 aliphatic rings. The van der Waals surface area contributed by atoms with Gasteiger partial charge >= 0.3 is 5.97 Å². The lowest BCUT2D eigenvalue weighted by Crippen LogP contribution is -2.30. The molecule has 0 radical (unpaired) electrons. The minimum atomic E-state index is -0.333. The maximum Gasteiger partial charge on any atom is 0.307 e. The lowest BCUT2D eigenvalue weighted by Gasteiger charge is -2.13. The van der Waals surface area contributed by atoms with E-state index in [1.54, 1.807) is 13.2 Å². The van der Waals surface area contributed by atoms with Crippen LogP contribution < -0.4 is 9.47 Å². The minimum Gasteiger partial charge on any atom is -0.493 e. The van der Waals surface area contributed by atoms with Crippen molar-refractivity contribution in [2.75, 3.05) is 20.3 Å². The van der Waals surface area contributed by atoms with Crippen molar-refractivity contribution in [1.82, 2.24) is 4.90 Å². The molecule has 174 valence electrons. The van der Waals surface area contributed by atoms with Gasteiger partial charge in [-0.2, -0.15) is 0 Å². The fraction of sp³-hybridized carbons (Fsp3) is 0.320. The lowest BCUT2D eigenvalue weighted by atomic mass is 10.1. The molecule has 0 bridgehead atoms. The van der Waals surface area contributed by atoms with E-state index in [0.29, 0.717) is 33.9 Å². The van der Waals surface area contributed by atoms with Gasteiger partial charge < -0.3 is 14.2 Å². The smallest absolute Gasteiger partial charge is 0.307 e. The van der Waals surface area contributed by atoms with Crippen LogP contribution in [-0.4, -0.2) is 41.4 Å². The monoisotopic (exact) mass is 485 g/mol. The average molecular weight is 486 g/mol. The van der Waals surface area contributed by atoms with Gasteiger partial charge in [0.25, 0.3) is 5.91 Å². The molecule has 0 aromatic heterocycles. The number of aryl methyl sites for hydroxylation is 1.